The molecule has 3 fully saturated rings. The van der Waals surface area contributed by atoms with Crippen LogP contribution in [0.25, 0.3) is 0 Å². The highest BCUT2D eigenvalue weighted by Gasteiger charge is 2.57. The fourth-order valence-corrected chi connectivity index (χ4v) is 6.10. The van der Waals surface area contributed by atoms with Crippen LogP contribution < -0.4 is 0 Å². The first-order valence-electron chi connectivity index (χ1n) is 8.93. The Labute approximate surface area is 127 Å². The first-order chi connectivity index (χ1) is 10.3. The number of carbonyl (C=O) groups is 1. The predicted octanol–water partition coefficient (Wildman–Crippen LogP) is 4.75. The van der Waals surface area contributed by atoms with Crippen molar-refractivity contribution in [2.24, 2.45) is 23.2 Å². The Morgan fingerprint density at radius 3 is 3.05 bits per heavy atom. The van der Waals surface area contributed by atoms with Crippen LogP contribution in [0, 0.1) is 23.2 Å². The molecule has 0 unspecified atom stereocenters. The van der Waals surface area contributed by atoms with E-state index in [1.165, 1.54) is 32.1 Å². The molecule has 0 amide bonds. The summed E-state index contributed by atoms with van der Waals surface area (Å²) in [4.78, 5) is 13.0. The number of allylic oxidation sites excluding steroid dienone is 6. The Kier molecular flexibility index (Phi) is 2.49. The van der Waals surface area contributed by atoms with Gasteiger partial charge in [0, 0.05) is 6.42 Å². The minimum Gasteiger partial charge on any atom is -0.299 e. The molecule has 5 rings (SSSR count). The van der Waals surface area contributed by atoms with Crippen LogP contribution in [-0.2, 0) is 4.79 Å². The topological polar surface area (TPSA) is 17.1 Å². The molecule has 0 aromatic rings. The Bertz CT molecular complexity index is 605. The lowest BCUT2D eigenvalue weighted by atomic mass is 9.59. The highest BCUT2D eigenvalue weighted by molar-refractivity contribution is 5.90. The van der Waals surface area contributed by atoms with E-state index < -0.39 is 0 Å². The van der Waals surface area contributed by atoms with Gasteiger partial charge in [0.15, 0.2) is 0 Å². The number of hydrogen-bond donors (Lipinski definition) is 0. The molecule has 21 heavy (non-hydrogen) atoms. The molecule has 1 heteroatoms. The van der Waals surface area contributed by atoms with Crippen molar-refractivity contribution in [2.75, 3.05) is 0 Å². The second-order valence-electron chi connectivity index (χ2n) is 7.89. The maximum Gasteiger partial charge on any atom is 0.143 e. The monoisotopic (exact) mass is 280 g/mol. The molecule has 0 N–H and O–H groups in total. The molecule has 1 spiro atoms. The third-order valence-corrected chi connectivity index (χ3v) is 7.04. The third-order valence-electron chi connectivity index (χ3n) is 7.04. The molecular formula is C20H24O. The normalized spacial score (nSPS) is 47.5. The van der Waals surface area contributed by atoms with E-state index in [2.05, 4.69) is 18.2 Å². The maximum absolute atomic E-state index is 13.0. The predicted molar refractivity (Wildman–Crippen MR) is 83.7 cm³/mol. The summed E-state index contributed by atoms with van der Waals surface area (Å²) in [6.45, 7) is 0. The zero-order chi connectivity index (χ0) is 14.0. The Hall–Kier alpha value is -1.11. The number of ketones is 1. The number of Topliss-reactive ketones (excluding diaryl/α,β-unsaturated/α-hetero) is 1. The quantitative estimate of drug-likeness (QED) is 0.626. The standard InChI is InChI=1S/C20H24O/c21-19-9-3-8-18-16-7-2-1-6-15(16)17-12-13(17)11-14-5-4-10-20(14,18)19/h1-2,6,13-14,17H,3-5,7-12H2/b18-16-/t13-,14+,17-,20-/m0/s1. The van der Waals surface area contributed by atoms with Gasteiger partial charge in [-0.3, -0.25) is 4.79 Å². The van der Waals surface area contributed by atoms with Gasteiger partial charge in [-0.1, -0.05) is 30.2 Å². The van der Waals surface area contributed by atoms with E-state index in [4.69, 9.17) is 0 Å². The summed E-state index contributed by atoms with van der Waals surface area (Å²) in [7, 11) is 0. The van der Waals surface area contributed by atoms with Crippen molar-refractivity contribution in [1.29, 1.82) is 0 Å². The molecule has 0 bridgehead atoms. The van der Waals surface area contributed by atoms with Crippen LogP contribution in [0.4, 0.5) is 0 Å². The molecule has 0 radical (unpaired) electrons. The molecule has 3 saturated carbocycles. The molecule has 5 aliphatic carbocycles. The van der Waals surface area contributed by atoms with Gasteiger partial charge in [-0.2, -0.15) is 0 Å². The van der Waals surface area contributed by atoms with Crippen LogP contribution in [0.5, 0.6) is 0 Å². The first kappa shape index (κ1) is 12.4. The minimum atomic E-state index is -0.0224. The van der Waals surface area contributed by atoms with E-state index in [-0.39, 0.29) is 5.41 Å². The molecule has 0 aromatic carbocycles. The van der Waals surface area contributed by atoms with Crippen LogP contribution in [0.2, 0.25) is 0 Å². The molecule has 0 aromatic heterocycles. The van der Waals surface area contributed by atoms with Gasteiger partial charge >= 0.3 is 0 Å². The van der Waals surface area contributed by atoms with Gasteiger partial charge in [-0.25, -0.2) is 0 Å². The van der Waals surface area contributed by atoms with E-state index in [0.717, 1.165) is 37.5 Å². The van der Waals surface area contributed by atoms with Gasteiger partial charge in [-0.05, 0) is 73.8 Å². The molecular weight excluding hydrogens is 256 g/mol. The van der Waals surface area contributed by atoms with Crippen LogP contribution in [-0.4, -0.2) is 5.78 Å². The van der Waals surface area contributed by atoms with Crippen molar-refractivity contribution < 1.29 is 4.79 Å². The van der Waals surface area contributed by atoms with Crippen molar-refractivity contribution in [3.63, 3.8) is 0 Å². The van der Waals surface area contributed by atoms with Crippen molar-refractivity contribution in [3.05, 3.63) is 34.9 Å². The Morgan fingerprint density at radius 1 is 1.14 bits per heavy atom. The second kappa shape index (κ2) is 4.21. The minimum absolute atomic E-state index is 0.0224. The third kappa shape index (κ3) is 1.55. The SMILES string of the molecule is O=C1CCC/C2=C3\CC=CC=C3[C@H]3C[C@@H]3C[C@H]3CCC[C@@]123. The van der Waals surface area contributed by atoms with E-state index in [1.54, 1.807) is 16.7 Å². The van der Waals surface area contributed by atoms with Crippen LogP contribution in [0.3, 0.4) is 0 Å². The summed E-state index contributed by atoms with van der Waals surface area (Å²) < 4.78 is 0. The van der Waals surface area contributed by atoms with Crippen molar-refractivity contribution >= 4 is 5.78 Å². The van der Waals surface area contributed by atoms with Crippen LogP contribution >= 0.6 is 0 Å². The van der Waals surface area contributed by atoms with Gasteiger partial charge < -0.3 is 0 Å². The number of carbonyl (C=O) groups excluding carboxylic acids is 1. The molecule has 0 saturated heterocycles. The average Bonchev–Trinajstić information content (AvgIpc) is 3.13. The summed E-state index contributed by atoms with van der Waals surface area (Å²) in [5.74, 6) is 2.99. The lowest BCUT2D eigenvalue weighted by molar-refractivity contribution is -0.130. The highest BCUT2D eigenvalue weighted by atomic mass is 16.1. The highest BCUT2D eigenvalue weighted by Crippen LogP contribution is 2.64. The number of hydrogen-bond acceptors (Lipinski definition) is 1. The maximum atomic E-state index is 13.0. The Morgan fingerprint density at radius 2 is 2.10 bits per heavy atom. The smallest absolute Gasteiger partial charge is 0.143 e. The summed E-state index contributed by atoms with van der Waals surface area (Å²) >= 11 is 0. The second-order valence-corrected chi connectivity index (χ2v) is 7.89. The van der Waals surface area contributed by atoms with Crippen molar-refractivity contribution in [2.45, 2.75) is 57.8 Å². The van der Waals surface area contributed by atoms with Crippen LogP contribution in [0.15, 0.2) is 34.9 Å². The molecule has 4 atom stereocenters. The van der Waals surface area contributed by atoms with Gasteiger partial charge in [-0.15, -0.1) is 0 Å². The summed E-state index contributed by atoms with van der Waals surface area (Å²) in [5, 5.41) is 0. The first-order valence-corrected chi connectivity index (χ1v) is 8.93. The average molecular weight is 280 g/mol. The van der Waals surface area contributed by atoms with Crippen molar-refractivity contribution in [1.82, 2.24) is 0 Å². The fraction of sp³-hybridized carbons (Fsp3) is 0.650. The Balaban J connectivity index is 1.75. The summed E-state index contributed by atoms with van der Waals surface area (Å²) in [5.41, 5.74) is 4.80. The number of fused-ring (bicyclic) bond motifs is 3. The van der Waals surface area contributed by atoms with Crippen molar-refractivity contribution in [3.8, 4) is 0 Å². The molecule has 0 aliphatic heterocycles. The van der Waals surface area contributed by atoms with E-state index in [9.17, 15) is 4.79 Å². The van der Waals surface area contributed by atoms with E-state index in [0.29, 0.717) is 11.7 Å². The molecule has 0 heterocycles. The van der Waals surface area contributed by atoms with Gasteiger partial charge in [0.1, 0.15) is 5.78 Å². The van der Waals surface area contributed by atoms with E-state index >= 15 is 0 Å². The zero-order valence-corrected chi connectivity index (χ0v) is 12.7. The lowest BCUT2D eigenvalue weighted by Gasteiger charge is -2.43. The molecule has 110 valence electrons. The molecule has 5 aliphatic rings. The lowest BCUT2D eigenvalue weighted by Crippen LogP contribution is -2.41. The fourth-order valence-electron chi connectivity index (χ4n) is 6.10. The molecule has 1 nitrogen and oxygen atoms in total. The zero-order valence-electron chi connectivity index (χ0n) is 12.7. The van der Waals surface area contributed by atoms with E-state index in [1.807, 2.05) is 0 Å². The number of rotatable bonds is 0. The van der Waals surface area contributed by atoms with Gasteiger partial charge in [0.2, 0.25) is 0 Å². The largest absolute Gasteiger partial charge is 0.299 e. The van der Waals surface area contributed by atoms with Crippen LogP contribution in [0.1, 0.15) is 57.8 Å². The summed E-state index contributed by atoms with van der Waals surface area (Å²) in [6.07, 6.45) is 17.6. The summed E-state index contributed by atoms with van der Waals surface area (Å²) in [6, 6.07) is 0. The van der Waals surface area contributed by atoms with Gasteiger partial charge in [0.25, 0.3) is 0 Å². The van der Waals surface area contributed by atoms with Gasteiger partial charge in [0.05, 0.1) is 5.41 Å².